The van der Waals surface area contributed by atoms with Crippen LogP contribution in [0.3, 0.4) is 0 Å². The minimum atomic E-state index is -1.05. The van der Waals surface area contributed by atoms with Crippen molar-refractivity contribution < 1.29 is 9.53 Å². The summed E-state index contributed by atoms with van der Waals surface area (Å²) in [6.45, 7) is 3.45. The largest absolute Gasteiger partial charge is 0.478 e. The van der Waals surface area contributed by atoms with Gasteiger partial charge in [0.2, 0.25) is 0 Å². The van der Waals surface area contributed by atoms with Crippen LogP contribution in [0.2, 0.25) is 5.02 Å². The van der Waals surface area contributed by atoms with E-state index in [1.54, 1.807) is 38.1 Å². The van der Waals surface area contributed by atoms with E-state index in [9.17, 15) is 4.79 Å². The van der Waals surface area contributed by atoms with E-state index in [0.717, 1.165) is 16.9 Å². The first kappa shape index (κ1) is 19.0. The topological polar surface area (TPSA) is 55.6 Å². The lowest BCUT2D eigenvalue weighted by atomic mass is 10.1. The van der Waals surface area contributed by atoms with Crippen molar-refractivity contribution in [2.24, 2.45) is 0 Å². The molecule has 0 aliphatic carbocycles. The fourth-order valence-corrected chi connectivity index (χ4v) is 3.05. The van der Waals surface area contributed by atoms with Crippen LogP contribution in [0, 0.1) is 0 Å². The molecule has 0 aliphatic heterocycles. The van der Waals surface area contributed by atoms with Gasteiger partial charge in [-0.2, -0.15) is 0 Å². The molecule has 0 radical (unpaired) electrons. The predicted molar refractivity (Wildman–Crippen MR) is 115 cm³/mol. The van der Waals surface area contributed by atoms with Crippen LogP contribution in [0.5, 0.6) is 5.75 Å². The number of amides is 1. The molecule has 29 heavy (non-hydrogen) atoms. The SMILES string of the molecule is CC(C)(Oc1ccc(Cl)cc1)C(=O)Nc1ccc(-c2cn3ccccc3n2)cc1. The first-order valence-electron chi connectivity index (χ1n) is 9.21. The summed E-state index contributed by atoms with van der Waals surface area (Å²) in [5.41, 5.74) is 2.38. The second-order valence-electron chi connectivity index (χ2n) is 7.19. The monoisotopic (exact) mass is 405 g/mol. The molecule has 0 saturated heterocycles. The molecule has 0 bridgehead atoms. The molecule has 2 aromatic carbocycles. The molecule has 0 saturated carbocycles. The van der Waals surface area contributed by atoms with Crippen molar-refractivity contribution in [3.63, 3.8) is 0 Å². The van der Waals surface area contributed by atoms with Crippen molar-refractivity contribution in [1.82, 2.24) is 9.38 Å². The van der Waals surface area contributed by atoms with Crippen LogP contribution in [0.1, 0.15) is 13.8 Å². The Balaban J connectivity index is 1.46. The Morgan fingerprint density at radius 3 is 2.45 bits per heavy atom. The van der Waals surface area contributed by atoms with Crippen molar-refractivity contribution in [2.75, 3.05) is 5.32 Å². The van der Waals surface area contributed by atoms with Crippen molar-refractivity contribution in [1.29, 1.82) is 0 Å². The molecule has 1 N–H and O–H groups in total. The normalized spacial score (nSPS) is 11.4. The number of imidazole rings is 1. The Morgan fingerprint density at radius 1 is 1.03 bits per heavy atom. The van der Waals surface area contributed by atoms with E-state index in [2.05, 4.69) is 10.3 Å². The standard InChI is InChI=1S/C23H20ClN3O2/c1-23(2,29-19-12-8-17(24)9-13-19)22(28)25-18-10-6-16(7-11-18)20-15-27-14-4-3-5-21(27)26-20/h3-15H,1-2H3,(H,25,28). The number of benzene rings is 2. The number of aromatic nitrogens is 2. The molecule has 2 heterocycles. The van der Waals surface area contributed by atoms with E-state index in [1.807, 2.05) is 59.3 Å². The summed E-state index contributed by atoms with van der Waals surface area (Å²) in [6, 6.07) is 20.4. The number of hydrogen-bond acceptors (Lipinski definition) is 3. The van der Waals surface area contributed by atoms with E-state index in [-0.39, 0.29) is 5.91 Å². The third-order valence-corrected chi connectivity index (χ3v) is 4.79. The fraction of sp³-hybridized carbons (Fsp3) is 0.130. The molecule has 0 aliphatic rings. The van der Waals surface area contributed by atoms with Crippen molar-refractivity contribution in [3.8, 4) is 17.0 Å². The minimum Gasteiger partial charge on any atom is -0.478 e. The predicted octanol–water partition coefficient (Wildman–Crippen LogP) is 5.45. The lowest BCUT2D eigenvalue weighted by Crippen LogP contribution is -2.42. The number of anilines is 1. The molecular weight excluding hydrogens is 386 g/mol. The van der Waals surface area contributed by atoms with Crippen LogP contribution in [-0.2, 0) is 4.79 Å². The molecule has 0 spiro atoms. The summed E-state index contributed by atoms with van der Waals surface area (Å²) in [5.74, 6) is 0.338. The highest BCUT2D eigenvalue weighted by Crippen LogP contribution is 2.24. The molecule has 4 rings (SSSR count). The maximum absolute atomic E-state index is 12.7. The van der Waals surface area contributed by atoms with Crippen molar-refractivity contribution in [3.05, 3.63) is 84.1 Å². The summed E-state index contributed by atoms with van der Waals surface area (Å²) in [5, 5.41) is 3.52. The zero-order valence-electron chi connectivity index (χ0n) is 16.1. The summed E-state index contributed by atoms with van der Waals surface area (Å²) in [7, 11) is 0. The highest BCUT2D eigenvalue weighted by Gasteiger charge is 2.30. The van der Waals surface area contributed by atoms with E-state index < -0.39 is 5.60 Å². The number of ether oxygens (including phenoxy) is 1. The molecule has 146 valence electrons. The van der Waals surface area contributed by atoms with Gasteiger partial charge in [-0.15, -0.1) is 0 Å². The van der Waals surface area contributed by atoms with E-state index >= 15 is 0 Å². The lowest BCUT2D eigenvalue weighted by molar-refractivity contribution is -0.128. The van der Waals surface area contributed by atoms with Gasteiger partial charge < -0.3 is 14.5 Å². The number of pyridine rings is 1. The van der Waals surface area contributed by atoms with Gasteiger partial charge in [0.25, 0.3) is 5.91 Å². The summed E-state index contributed by atoms with van der Waals surface area (Å²) >= 11 is 5.89. The smallest absolute Gasteiger partial charge is 0.267 e. The Bertz CT molecular complexity index is 1120. The second-order valence-corrected chi connectivity index (χ2v) is 7.63. The van der Waals surface area contributed by atoms with Crippen molar-refractivity contribution >= 4 is 28.8 Å². The van der Waals surface area contributed by atoms with Gasteiger partial charge in [0.05, 0.1) is 5.69 Å². The van der Waals surface area contributed by atoms with Crippen LogP contribution in [0.4, 0.5) is 5.69 Å². The quantitative estimate of drug-likeness (QED) is 0.480. The number of fused-ring (bicyclic) bond motifs is 1. The van der Waals surface area contributed by atoms with Gasteiger partial charge in [-0.3, -0.25) is 4.79 Å². The Morgan fingerprint density at radius 2 is 1.76 bits per heavy atom. The van der Waals surface area contributed by atoms with Crippen LogP contribution >= 0.6 is 11.6 Å². The third kappa shape index (κ3) is 4.25. The molecule has 1 amide bonds. The maximum Gasteiger partial charge on any atom is 0.267 e. The molecule has 0 fully saturated rings. The first-order valence-corrected chi connectivity index (χ1v) is 9.59. The summed E-state index contributed by atoms with van der Waals surface area (Å²) < 4.78 is 7.81. The lowest BCUT2D eigenvalue weighted by Gasteiger charge is -2.25. The first-order chi connectivity index (χ1) is 13.9. The van der Waals surface area contributed by atoms with E-state index in [4.69, 9.17) is 16.3 Å². The number of halogens is 1. The number of nitrogens with one attached hydrogen (secondary N) is 1. The van der Waals surface area contributed by atoms with Crippen LogP contribution in [0.25, 0.3) is 16.9 Å². The van der Waals surface area contributed by atoms with Crippen LogP contribution in [-0.4, -0.2) is 20.9 Å². The van der Waals surface area contributed by atoms with Gasteiger partial charge in [-0.1, -0.05) is 29.8 Å². The number of nitrogens with zero attached hydrogens (tertiary/aromatic N) is 2. The second kappa shape index (κ2) is 7.60. The molecule has 0 atom stereocenters. The average molecular weight is 406 g/mol. The number of rotatable bonds is 5. The summed E-state index contributed by atoms with van der Waals surface area (Å²) in [4.78, 5) is 17.3. The Hall–Kier alpha value is -3.31. The van der Waals surface area contributed by atoms with E-state index in [0.29, 0.717) is 16.5 Å². The molecule has 6 heteroatoms. The van der Waals surface area contributed by atoms with Gasteiger partial charge in [-0.05, 0) is 62.4 Å². The fourth-order valence-electron chi connectivity index (χ4n) is 2.92. The molecule has 2 aromatic heterocycles. The molecule has 5 nitrogen and oxygen atoms in total. The molecule has 0 unspecified atom stereocenters. The number of hydrogen-bond donors (Lipinski definition) is 1. The van der Waals surface area contributed by atoms with Gasteiger partial charge >= 0.3 is 0 Å². The number of carbonyl (C=O) groups is 1. The zero-order valence-corrected chi connectivity index (χ0v) is 16.9. The summed E-state index contributed by atoms with van der Waals surface area (Å²) in [6.07, 6.45) is 3.94. The number of carbonyl (C=O) groups excluding carboxylic acids is 1. The third-order valence-electron chi connectivity index (χ3n) is 4.54. The average Bonchev–Trinajstić information content (AvgIpc) is 3.14. The van der Waals surface area contributed by atoms with Gasteiger partial charge in [0.1, 0.15) is 11.4 Å². The molecule has 4 aromatic rings. The van der Waals surface area contributed by atoms with Crippen molar-refractivity contribution in [2.45, 2.75) is 19.4 Å². The van der Waals surface area contributed by atoms with Crippen LogP contribution < -0.4 is 10.1 Å². The van der Waals surface area contributed by atoms with Crippen LogP contribution in [0.15, 0.2) is 79.1 Å². The maximum atomic E-state index is 12.7. The highest BCUT2D eigenvalue weighted by atomic mass is 35.5. The van der Waals surface area contributed by atoms with Gasteiger partial charge in [-0.25, -0.2) is 4.98 Å². The zero-order chi connectivity index (χ0) is 20.4. The highest BCUT2D eigenvalue weighted by molar-refractivity contribution is 6.30. The molecular formula is C23H20ClN3O2. The Labute approximate surface area is 173 Å². The Kier molecular flexibility index (Phi) is 4.99. The van der Waals surface area contributed by atoms with Gasteiger partial charge in [0, 0.05) is 28.7 Å². The van der Waals surface area contributed by atoms with Gasteiger partial charge in [0.15, 0.2) is 5.60 Å². The van der Waals surface area contributed by atoms with E-state index in [1.165, 1.54) is 0 Å². The minimum absolute atomic E-state index is 0.243.